The highest BCUT2D eigenvalue weighted by Gasteiger charge is 2.32. The van der Waals surface area contributed by atoms with Crippen molar-refractivity contribution < 1.29 is 13.2 Å². The number of hydrogen-bond donors (Lipinski definition) is 2. The van der Waals surface area contributed by atoms with Gasteiger partial charge in [0, 0.05) is 26.7 Å². The van der Waals surface area contributed by atoms with E-state index in [9.17, 15) is 8.42 Å². The number of hydrogen-bond acceptors (Lipinski definition) is 5. The standard InChI is InChI=1S/C11H20N4O3S/c1-3-6-15-11(4-5-13-15)19(16,17)14-9-7-12-8-10(9)18-2/h4-5,9-10,12,14H,3,6-8H2,1-2H3. The van der Waals surface area contributed by atoms with Gasteiger partial charge in [0.25, 0.3) is 10.0 Å². The molecule has 0 aromatic carbocycles. The van der Waals surface area contributed by atoms with Gasteiger partial charge in [0.1, 0.15) is 0 Å². The summed E-state index contributed by atoms with van der Waals surface area (Å²) in [5.41, 5.74) is 0. The summed E-state index contributed by atoms with van der Waals surface area (Å²) in [7, 11) is -1.98. The smallest absolute Gasteiger partial charge is 0.258 e. The fraction of sp³-hybridized carbons (Fsp3) is 0.727. The first-order valence-corrected chi connectivity index (χ1v) is 7.84. The molecular formula is C11H20N4O3S. The molecule has 2 unspecified atom stereocenters. The summed E-state index contributed by atoms with van der Waals surface area (Å²) in [6.07, 6.45) is 2.19. The minimum atomic E-state index is -3.57. The summed E-state index contributed by atoms with van der Waals surface area (Å²) in [5.74, 6) is 0. The molecule has 1 aromatic heterocycles. The zero-order valence-corrected chi connectivity index (χ0v) is 12.0. The maximum atomic E-state index is 12.4. The van der Waals surface area contributed by atoms with Crippen LogP contribution in [0.25, 0.3) is 0 Å². The summed E-state index contributed by atoms with van der Waals surface area (Å²) in [6, 6.07) is 1.27. The molecule has 2 N–H and O–H groups in total. The third-order valence-electron chi connectivity index (χ3n) is 3.16. The molecule has 0 saturated carbocycles. The highest BCUT2D eigenvalue weighted by Crippen LogP contribution is 2.12. The maximum absolute atomic E-state index is 12.4. The van der Waals surface area contributed by atoms with E-state index in [1.807, 2.05) is 6.92 Å². The van der Waals surface area contributed by atoms with Crippen LogP contribution in [-0.4, -0.2) is 50.5 Å². The lowest BCUT2D eigenvalue weighted by atomic mass is 10.2. The molecule has 1 fully saturated rings. The van der Waals surface area contributed by atoms with E-state index in [4.69, 9.17) is 4.74 Å². The van der Waals surface area contributed by atoms with Crippen LogP contribution in [-0.2, 0) is 21.3 Å². The molecular weight excluding hydrogens is 268 g/mol. The van der Waals surface area contributed by atoms with Crippen molar-refractivity contribution in [3.8, 4) is 0 Å². The van der Waals surface area contributed by atoms with Gasteiger partial charge in [-0.15, -0.1) is 0 Å². The lowest BCUT2D eigenvalue weighted by molar-refractivity contribution is 0.103. The summed E-state index contributed by atoms with van der Waals surface area (Å²) < 4.78 is 34.1. The number of nitrogens with zero attached hydrogens (tertiary/aromatic N) is 2. The normalized spacial score (nSPS) is 23.9. The first-order valence-electron chi connectivity index (χ1n) is 6.36. The van der Waals surface area contributed by atoms with E-state index in [0.29, 0.717) is 19.6 Å². The molecule has 7 nitrogen and oxygen atoms in total. The van der Waals surface area contributed by atoms with Gasteiger partial charge in [-0.25, -0.2) is 13.1 Å². The predicted octanol–water partition coefficient (Wildman–Crippen LogP) is -0.442. The van der Waals surface area contributed by atoms with E-state index in [2.05, 4.69) is 15.1 Å². The molecule has 19 heavy (non-hydrogen) atoms. The number of methoxy groups -OCH3 is 1. The Morgan fingerprint density at radius 1 is 1.58 bits per heavy atom. The Bertz CT molecular complexity index is 514. The second-order valence-corrected chi connectivity index (χ2v) is 6.21. The van der Waals surface area contributed by atoms with Crippen LogP contribution in [0, 0.1) is 0 Å². The number of rotatable bonds is 6. The zero-order chi connectivity index (χ0) is 13.9. The molecule has 108 valence electrons. The van der Waals surface area contributed by atoms with Crippen LogP contribution in [0.2, 0.25) is 0 Å². The molecule has 1 aliphatic heterocycles. The molecule has 1 aliphatic rings. The van der Waals surface area contributed by atoms with Gasteiger partial charge in [-0.05, 0) is 12.5 Å². The van der Waals surface area contributed by atoms with E-state index >= 15 is 0 Å². The Morgan fingerprint density at radius 3 is 3.05 bits per heavy atom. The van der Waals surface area contributed by atoms with Crippen LogP contribution >= 0.6 is 0 Å². The van der Waals surface area contributed by atoms with Gasteiger partial charge in [0.2, 0.25) is 0 Å². The van der Waals surface area contributed by atoms with Crippen LogP contribution < -0.4 is 10.0 Å². The number of aryl methyl sites for hydroxylation is 1. The van der Waals surface area contributed by atoms with Crippen LogP contribution in [0.15, 0.2) is 17.3 Å². The Hall–Kier alpha value is -0.960. The Morgan fingerprint density at radius 2 is 2.37 bits per heavy atom. The molecule has 2 heterocycles. The summed E-state index contributed by atoms with van der Waals surface area (Å²) in [4.78, 5) is 0. The maximum Gasteiger partial charge on any atom is 0.258 e. The SMILES string of the molecule is CCCn1nccc1S(=O)(=O)NC1CNCC1OC. The number of nitrogens with one attached hydrogen (secondary N) is 2. The van der Waals surface area contributed by atoms with Crippen molar-refractivity contribution in [2.75, 3.05) is 20.2 Å². The molecule has 0 bridgehead atoms. The lowest BCUT2D eigenvalue weighted by Gasteiger charge is -2.18. The molecule has 1 saturated heterocycles. The predicted molar refractivity (Wildman–Crippen MR) is 70.3 cm³/mol. The fourth-order valence-corrected chi connectivity index (χ4v) is 3.62. The zero-order valence-electron chi connectivity index (χ0n) is 11.2. The van der Waals surface area contributed by atoms with Crippen molar-refractivity contribution in [1.82, 2.24) is 19.8 Å². The number of aromatic nitrogens is 2. The Labute approximate surface area is 113 Å². The first kappa shape index (κ1) is 14.4. The quantitative estimate of drug-likeness (QED) is 0.741. The van der Waals surface area contributed by atoms with Gasteiger partial charge >= 0.3 is 0 Å². The lowest BCUT2D eigenvalue weighted by Crippen LogP contribution is -2.44. The molecule has 0 radical (unpaired) electrons. The highest BCUT2D eigenvalue weighted by atomic mass is 32.2. The number of sulfonamides is 1. The fourth-order valence-electron chi connectivity index (χ4n) is 2.21. The Balaban J connectivity index is 2.15. The largest absolute Gasteiger partial charge is 0.378 e. The molecule has 2 rings (SSSR count). The minimum absolute atomic E-state index is 0.141. The van der Waals surface area contributed by atoms with Gasteiger partial charge in [-0.2, -0.15) is 5.10 Å². The van der Waals surface area contributed by atoms with Crippen LogP contribution in [0.3, 0.4) is 0 Å². The second-order valence-electron chi connectivity index (χ2n) is 4.55. The summed E-state index contributed by atoms with van der Waals surface area (Å²) in [6.45, 7) is 3.78. The molecule has 0 aliphatic carbocycles. The van der Waals surface area contributed by atoms with Gasteiger partial charge in [-0.1, -0.05) is 6.92 Å². The molecule has 1 aromatic rings. The summed E-state index contributed by atoms with van der Waals surface area (Å²) >= 11 is 0. The summed E-state index contributed by atoms with van der Waals surface area (Å²) in [5, 5.41) is 7.35. The van der Waals surface area contributed by atoms with Crippen molar-refractivity contribution in [1.29, 1.82) is 0 Å². The van der Waals surface area contributed by atoms with E-state index in [1.54, 1.807) is 7.11 Å². The van der Waals surface area contributed by atoms with Crippen molar-refractivity contribution in [2.24, 2.45) is 0 Å². The van der Waals surface area contributed by atoms with Crippen molar-refractivity contribution in [3.05, 3.63) is 12.3 Å². The van der Waals surface area contributed by atoms with Crippen molar-refractivity contribution in [2.45, 2.75) is 37.1 Å². The monoisotopic (exact) mass is 288 g/mol. The molecule has 8 heteroatoms. The van der Waals surface area contributed by atoms with E-state index in [1.165, 1.54) is 16.9 Å². The van der Waals surface area contributed by atoms with E-state index in [-0.39, 0.29) is 17.2 Å². The third kappa shape index (κ3) is 3.14. The van der Waals surface area contributed by atoms with Gasteiger partial charge in [0.15, 0.2) is 5.03 Å². The van der Waals surface area contributed by atoms with Crippen molar-refractivity contribution in [3.63, 3.8) is 0 Å². The second kappa shape index (κ2) is 6.00. The van der Waals surface area contributed by atoms with Crippen LogP contribution in [0.1, 0.15) is 13.3 Å². The topological polar surface area (TPSA) is 85.2 Å². The van der Waals surface area contributed by atoms with Gasteiger partial charge in [0.05, 0.1) is 18.3 Å². The van der Waals surface area contributed by atoms with Crippen LogP contribution in [0.4, 0.5) is 0 Å². The molecule has 2 atom stereocenters. The first-order chi connectivity index (χ1) is 9.08. The average Bonchev–Trinajstić information content (AvgIpc) is 2.98. The molecule has 0 spiro atoms. The number of ether oxygens (including phenoxy) is 1. The van der Waals surface area contributed by atoms with Gasteiger partial charge in [-0.3, -0.25) is 4.68 Å². The van der Waals surface area contributed by atoms with Crippen LogP contribution in [0.5, 0.6) is 0 Å². The van der Waals surface area contributed by atoms with Crippen molar-refractivity contribution >= 4 is 10.0 Å². The van der Waals surface area contributed by atoms with E-state index in [0.717, 1.165) is 6.42 Å². The highest BCUT2D eigenvalue weighted by molar-refractivity contribution is 7.89. The average molecular weight is 288 g/mol. The third-order valence-corrected chi connectivity index (χ3v) is 4.67. The molecule has 0 amide bonds. The minimum Gasteiger partial charge on any atom is -0.378 e. The van der Waals surface area contributed by atoms with E-state index < -0.39 is 10.0 Å². The van der Waals surface area contributed by atoms with Gasteiger partial charge < -0.3 is 10.1 Å². The Kier molecular flexibility index (Phi) is 4.56.